The highest BCUT2D eigenvalue weighted by Gasteiger charge is 2.32. The maximum absolute atomic E-state index is 13.2. The zero-order valence-electron chi connectivity index (χ0n) is 11.0. The molecule has 0 spiro atoms. The van der Waals surface area contributed by atoms with Gasteiger partial charge < -0.3 is 4.90 Å². The second-order valence-corrected chi connectivity index (χ2v) is 4.76. The van der Waals surface area contributed by atoms with Crippen LogP contribution in [0.4, 0.5) is 10.1 Å². The second kappa shape index (κ2) is 5.70. The molecule has 6 heteroatoms. The van der Waals surface area contributed by atoms with Crippen molar-refractivity contribution in [3.05, 3.63) is 30.1 Å². The molecule has 0 bridgehead atoms. The van der Waals surface area contributed by atoms with Crippen LogP contribution in [0, 0.1) is 23.1 Å². The molecule has 0 radical (unpaired) electrons. The average molecular weight is 275 g/mol. The Morgan fingerprint density at radius 3 is 2.55 bits per heavy atom. The van der Waals surface area contributed by atoms with Gasteiger partial charge in [0.05, 0.1) is 25.1 Å². The van der Waals surface area contributed by atoms with E-state index in [1.807, 2.05) is 6.07 Å². The fourth-order valence-corrected chi connectivity index (χ4v) is 2.07. The molecule has 5 nitrogen and oxygen atoms in total. The molecule has 1 aromatic rings. The number of nitrogens with zero attached hydrogens (tertiary/aromatic N) is 3. The number of rotatable bonds is 3. The van der Waals surface area contributed by atoms with Gasteiger partial charge in [0.25, 0.3) is 0 Å². The van der Waals surface area contributed by atoms with Crippen LogP contribution >= 0.6 is 0 Å². The lowest BCUT2D eigenvalue weighted by Crippen LogP contribution is -2.55. The molecule has 1 heterocycles. The van der Waals surface area contributed by atoms with Crippen LogP contribution in [0.25, 0.3) is 0 Å². The third kappa shape index (κ3) is 2.94. The molecule has 1 aliphatic heterocycles. The Balaban J connectivity index is 2.12. The zero-order valence-corrected chi connectivity index (χ0v) is 11.0. The van der Waals surface area contributed by atoms with Gasteiger partial charge in [-0.3, -0.25) is 14.5 Å². The monoisotopic (exact) mass is 275 g/mol. The minimum absolute atomic E-state index is 0.00728. The summed E-state index contributed by atoms with van der Waals surface area (Å²) in [6, 6.07) is 7.77. The number of halogens is 1. The molecule has 1 fully saturated rings. The molecular formula is C14H14FN3O2. The number of carbonyl (C=O) groups is 2. The quantitative estimate of drug-likeness (QED) is 0.776. The third-order valence-electron chi connectivity index (χ3n) is 3.10. The largest absolute Gasteiger partial charge is 0.353 e. The Morgan fingerprint density at radius 2 is 2.00 bits per heavy atom. The van der Waals surface area contributed by atoms with Gasteiger partial charge in [0.15, 0.2) is 0 Å². The Kier molecular flexibility index (Phi) is 3.99. The highest BCUT2D eigenvalue weighted by molar-refractivity contribution is 6.02. The van der Waals surface area contributed by atoms with Crippen LogP contribution in [-0.4, -0.2) is 36.3 Å². The summed E-state index contributed by atoms with van der Waals surface area (Å²) < 4.78 is 13.2. The number of amides is 2. The smallest absolute Gasteiger partial charge is 0.248 e. The van der Waals surface area contributed by atoms with Crippen molar-refractivity contribution in [3.8, 4) is 6.07 Å². The number of piperazine rings is 1. The lowest BCUT2D eigenvalue weighted by atomic mass is 10.1. The van der Waals surface area contributed by atoms with Crippen LogP contribution in [0.3, 0.4) is 0 Å². The minimum Gasteiger partial charge on any atom is -0.353 e. The summed E-state index contributed by atoms with van der Waals surface area (Å²) in [5, 5.41) is 8.75. The van der Waals surface area contributed by atoms with E-state index in [2.05, 4.69) is 0 Å². The van der Waals surface area contributed by atoms with Crippen LogP contribution in [0.1, 0.15) is 6.92 Å². The first-order valence-electron chi connectivity index (χ1n) is 6.24. The summed E-state index contributed by atoms with van der Waals surface area (Å²) in [6.45, 7) is 1.77. The minimum atomic E-state index is -0.414. The molecule has 2 amide bonds. The predicted molar refractivity (Wildman–Crippen MR) is 70.1 cm³/mol. The van der Waals surface area contributed by atoms with Gasteiger partial charge in [-0.15, -0.1) is 0 Å². The standard InChI is InChI=1S/C14H14FN3O2/c1-10(6-16)7-18-13(19)8-17(9-14(18)20)12-4-2-3-11(15)5-12/h2-5,10H,7-9H2,1H3. The van der Waals surface area contributed by atoms with Crippen LogP contribution in [0.2, 0.25) is 0 Å². The van der Waals surface area contributed by atoms with Gasteiger partial charge >= 0.3 is 0 Å². The summed E-state index contributed by atoms with van der Waals surface area (Å²) in [5.74, 6) is -1.55. The molecular weight excluding hydrogens is 261 g/mol. The average Bonchev–Trinajstić information content (AvgIpc) is 2.42. The molecule has 1 unspecified atom stereocenters. The second-order valence-electron chi connectivity index (χ2n) is 4.76. The van der Waals surface area contributed by atoms with E-state index in [4.69, 9.17) is 5.26 Å². The van der Waals surface area contributed by atoms with Crippen LogP contribution in [-0.2, 0) is 9.59 Å². The lowest BCUT2D eigenvalue weighted by Gasteiger charge is -2.34. The van der Waals surface area contributed by atoms with Gasteiger partial charge in [0, 0.05) is 12.2 Å². The Hall–Kier alpha value is -2.42. The molecule has 0 saturated carbocycles. The summed E-state index contributed by atoms with van der Waals surface area (Å²) in [6.07, 6.45) is 0. The molecule has 20 heavy (non-hydrogen) atoms. The number of imide groups is 1. The van der Waals surface area contributed by atoms with Gasteiger partial charge in [-0.25, -0.2) is 4.39 Å². The van der Waals surface area contributed by atoms with Crippen molar-refractivity contribution >= 4 is 17.5 Å². The Labute approximate surface area is 116 Å². The van der Waals surface area contributed by atoms with Gasteiger partial charge in [0.1, 0.15) is 5.82 Å². The van der Waals surface area contributed by atoms with E-state index in [0.29, 0.717) is 5.69 Å². The van der Waals surface area contributed by atoms with Crippen LogP contribution in [0.5, 0.6) is 0 Å². The molecule has 0 N–H and O–H groups in total. The van der Waals surface area contributed by atoms with Crippen molar-refractivity contribution in [2.24, 2.45) is 5.92 Å². The van der Waals surface area contributed by atoms with Gasteiger partial charge in [0.2, 0.25) is 11.8 Å². The van der Waals surface area contributed by atoms with Crippen LogP contribution in [0.15, 0.2) is 24.3 Å². The molecule has 0 aromatic heterocycles. The van der Waals surface area contributed by atoms with Crippen molar-refractivity contribution < 1.29 is 14.0 Å². The molecule has 2 rings (SSSR count). The predicted octanol–water partition coefficient (Wildman–Crippen LogP) is 1.16. The first-order chi connectivity index (χ1) is 9.51. The molecule has 1 saturated heterocycles. The van der Waals surface area contributed by atoms with Gasteiger partial charge in [-0.1, -0.05) is 6.07 Å². The zero-order chi connectivity index (χ0) is 14.7. The fraction of sp³-hybridized carbons (Fsp3) is 0.357. The van der Waals surface area contributed by atoms with Crippen molar-refractivity contribution in [2.45, 2.75) is 6.92 Å². The molecule has 1 aromatic carbocycles. The lowest BCUT2D eigenvalue weighted by molar-refractivity contribution is -0.145. The molecule has 0 aliphatic carbocycles. The van der Waals surface area contributed by atoms with E-state index in [1.165, 1.54) is 23.1 Å². The number of nitriles is 1. The summed E-state index contributed by atoms with van der Waals surface area (Å²) in [4.78, 5) is 26.6. The van der Waals surface area contributed by atoms with E-state index >= 15 is 0 Å². The highest BCUT2D eigenvalue weighted by Crippen LogP contribution is 2.19. The van der Waals surface area contributed by atoms with E-state index in [-0.39, 0.29) is 31.4 Å². The number of hydrogen-bond acceptors (Lipinski definition) is 4. The van der Waals surface area contributed by atoms with Crippen molar-refractivity contribution in [1.29, 1.82) is 5.26 Å². The molecule has 1 atom stereocenters. The van der Waals surface area contributed by atoms with Crippen LogP contribution < -0.4 is 4.90 Å². The van der Waals surface area contributed by atoms with Crippen molar-refractivity contribution in [1.82, 2.24) is 4.90 Å². The number of hydrogen-bond donors (Lipinski definition) is 0. The van der Waals surface area contributed by atoms with Gasteiger partial charge in [-0.05, 0) is 25.1 Å². The summed E-state index contributed by atoms with van der Waals surface area (Å²) >= 11 is 0. The number of carbonyl (C=O) groups excluding carboxylic acids is 2. The topological polar surface area (TPSA) is 64.4 Å². The van der Waals surface area contributed by atoms with E-state index < -0.39 is 11.7 Å². The number of benzene rings is 1. The van der Waals surface area contributed by atoms with E-state index in [9.17, 15) is 14.0 Å². The fourth-order valence-electron chi connectivity index (χ4n) is 2.07. The molecule has 104 valence electrons. The maximum atomic E-state index is 13.2. The van der Waals surface area contributed by atoms with Gasteiger partial charge in [-0.2, -0.15) is 5.26 Å². The maximum Gasteiger partial charge on any atom is 0.248 e. The highest BCUT2D eigenvalue weighted by atomic mass is 19.1. The number of anilines is 1. The molecule has 1 aliphatic rings. The van der Waals surface area contributed by atoms with E-state index in [0.717, 1.165) is 4.90 Å². The first kappa shape index (κ1) is 14.0. The summed E-state index contributed by atoms with van der Waals surface area (Å²) in [5.41, 5.74) is 0.500. The Morgan fingerprint density at radius 1 is 1.35 bits per heavy atom. The van der Waals surface area contributed by atoms with Crippen molar-refractivity contribution in [2.75, 3.05) is 24.5 Å². The SMILES string of the molecule is CC(C#N)CN1C(=O)CN(c2cccc(F)c2)CC1=O. The first-order valence-corrected chi connectivity index (χ1v) is 6.24. The van der Waals surface area contributed by atoms with Crippen molar-refractivity contribution in [3.63, 3.8) is 0 Å². The Bertz CT molecular complexity index is 564. The summed E-state index contributed by atoms with van der Waals surface area (Å²) in [7, 11) is 0. The third-order valence-corrected chi connectivity index (χ3v) is 3.10. The van der Waals surface area contributed by atoms with E-state index in [1.54, 1.807) is 13.0 Å². The normalized spacial score (nSPS) is 17.1.